The van der Waals surface area contributed by atoms with Crippen LogP contribution in [0.5, 0.6) is 0 Å². The molecule has 2 fully saturated rings. The number of hydrogen-bond acceptors (Lipinski definition) is 7. The van der Waals surface area contributed by atoms with Crippen LogP contribution in [0.4, 0.5) is 16.0 Å². The Balaban J connectivity index is 1.08. The van der Waals surface area contributed by atoms with Gasteiger partial charge in [-0.25, -0.2) is 14.3 Å². The summed E-state index contributed by atoms with van der Waals surface area (Å²) >= 11 is 12.3. The molecule has 0 unspecified atom stereocenters. The first-order chi connectivity index (χ1) is 25.0. The van der Waals surface area contributed by atoms with Crippen molar-refractivity contribution >= 4 is 52.6 Å². The van der Waals surface area contributed by atoms with Crippen molar-refractivity contribution in [2.45, 2.75) is 55.6 Å². The number of nitrogens with zero attached hydrogens (tertiary/aromatic N) is 6. The maximum atomic E-state index is 14.4. The average Bonchev–Trinajstić information content (AvgIpc) is 4.06. The lowest BCUT2D eigenvalue weighted by molar-refractivity contribution is -0.125. The summed E-state index contributed by atoms with van der Waals surface area (Å²) in [6.45, 7) is 1.67. The van der Waals surface area contributed by atoms with Gasteiger partial charge in [0, 0.05) is 24.4 Å². The summed E-state index contributed by atoms with van der Waals surface area (Å²) in [7, 11) is 0. The van der Waals surface area contributed by atoms with E-state index >= 15 is 0 Å². The van der Waals surface area contributed by atoms with Gasteiger partial charge in [-0.3, -0.25) is 28.9 Å². The number of pyridine rings is 2. The van der Waals surface area contributed by atoms with E-state index in [2.05, 4.69) is 31.7 Å². The fraction of sp³-hybridized carbons (Fsp3) is 0.237. The minimum Gasteiger partial charge on any atom is -0.343 e. The highest BCUT2D eigenvalue weighted by Crippen LogP contribution is 2.48. The number of halogens is 3. The normalized spacial score (nSPS) is 19.1. The van der Waals surface area contributed by atoms with Gasteiger partial charge in [-0.15, -0.1) is 0 Å². The van der Waals surface area contributed by atoms with Crippen molar-refractivity contribution in [3.63, 3.8) is 0 Å². The molecule has 2 aromatic carbocycles. The van der Waals surface area contributed by atoms with Gasteiger partial charge in [0.1, 0.15) is 16.8 Å². The summed E-state index contributed by atoms with van der Waals surface area (Å²) in [5.41, 5.74) is 0.560. The molecule has 11 nitrogen and oxygen atoms in total. The van der Waals surface area contributed by atoms with Gasteiger partial charge >= 0.3 is 0 Å². The Labute approximate surface area is 307 Å². The molecule has 2 N–H and O–H groups in total. The number of carbonyl (C=O) groups is 3. The third-order valence-electron chi connectivity index (χ3n) is 10.0. The molecule has 3 aromatic heterocycles. The number of imidazole rings is 1. The van der Waals surface area contributed by atoms with Crippen LogP contribution >= 0.6 is 23.2 Å². The van der Waals surface area contributed by atoms with Crippen molar-refractivity contribution in [1.82, 2.24) is 30.2 Å². The highest BCUT2D eigenvalue weighted by Gasteiger charge is 2.57. The first-order valence-corrected chi connectivity index (χ1v) is 17.3. The Hall–Kier alpha value is -5.64. The van der Waals surface area contributed by atoms with Crippen molar-refractivity contribution in [3.05, 3.63) is 124 Å². The fourth-order valence-electron chi connectivity index (χ4n) is 6.81. The van der Waals surface area contributed by atoms with E-state index in [1.165, 1.54) is 27.8 Å². The standard InChI is InChI=1S/C38H29Cl2FN8O3/c1-36(18-22-5-7-23(19-42)8-6-22)34(52)48(25-16-26(39)31(41)27(40)17-25)35-45-21-29(49(35)36)32(50)46-38(13-14-38)33(51)47-37(11-12-37)30-10-9-24(20-44-30)28-4-2-3-15-43-28/h2-10,15-17,20-21H,11-14,18H2,1H3,(H,46,50)(H,47,51)/t36-/m1/s1. The molecular formula is C38H29Cl2FN8O3. The van der Waals surface area contributed by atoms with Gasteiger partial charge in [-0.1, -0.05) is 41.4 Å². The SMILES string of the molecule is C[C@@]1(Cc2ccc(C#N)cc2)C(=O)N(c2cc(Cl)c(F)c(Cl)c2)c2ncc(C(=O)NC3(C(=O)NC4(c5ccc(-c6ccccn6)cn5)CC4)CC3)n21. The Bertz CT molecular complexity index is 2290. The number of carbonyl (C=O) groups excluding carboxylic acids is 3. The first-order valence-electron chi connectivity index (χ1n) is 16.6. The van der Waals surface area contributed by atoms with Gasteiger partial charge in [0.25, 0.3) is 11.8 Å². The van der Waals surface area contributed by atoms with Gasteiger partial charge < -0.3 is 10.6 Å². The summed E-state index contributed by atoms with van der Waals surface area (Å²) < 4.78 is 15.9. The number of aromatic nitrogens is 4. The summed E-state index contributed by atoms with van der Waals surface area (Å²) in [4.78, 5) is 57.2. The largest absolute Gasteiger partial charge is 0.343 e. The number of anilines is 2. The lowest BCUT2D eigenvalue weighted by Crippen LogP contribution is -2.52. The molecule has 0 radical (unpaired) electrons. The van der Waals surface area contributed by atoms with Crippen molar-refractivity contribution in [3.8, 4) is 17.3 Å². The number of nitrogens with one attached hydrogen (secondary N) is 2. The molecule has 260 valence electrons. The Morgan fingerprint density at radius 1 is 0.942 bits per heavy atom. The third kappa shape index (κ3) is 5.57. The van der Waals surface area contributed by atoms with E-state index in [0.717, 1.165) is 17.0 Å². The monoisotopic (exact) mass is 734 g/mol. The zero-order chi connectivity index (χ0) is 36.4. The summed E-state index contributed by atoms with van der Waals surface area (Å²) in [5.74, 6) is -2.12. The van der Waals surface area contributed by atoms with E-state index in [-0.39, 0.29) is 39.7 Å². The molecular weight excluding hydrogens is 706 g/mol. The molecule has 2 aliphatic carbocycles. The molecule has 1 atom stereocenters. The van der Waals surface area contributed by atoms with Crippen LogP contribution in [-0.4, -0.2) is 42.8 Å². The number of benzene rings is 2. The van der Waals surface area contributed by atoms with Crippen molar-refractivity contribution < 1.29 is 18.8 Å². The highest BCUT2D eigenvalue weighted by atomic mass is 35.5. The minimum atomic E-state index is -1.41. The van der Waals surface area contributed by atoms with Crippen molar-refractivity contribution in [2.75, 3.05) is 4.90 Å². The summed E-state index contributed by atoms with van der Waals surface area (Å²) in [6, 6.07) is 20.8. The smallest absolute Gasteiger partial charge is 0.270 e. The molecule has 2 saturated carbocycles. The van der Waals surface area contributed by atoms with Gasteiger partial charge in [0.05, 0.1) is 50.5 Å². The topological polar surface area (TPSA) is 146 Å². The van der Waals surface area contributed by atoms with E-state index < -0.39 is 34.2 Å². The van der Waals surface area contributed by atoms with E-state index in [9.17, 15) is 24.0 Å². The number of rotatable bonds is 9. The van der Waals surface area contributed by atoms with Crippen LogP contribution in [0.25, 0.3) is 11.3 Å². The first kappa shape index (κ1) is 33.5. The molecule has 3 amide bonds. The van der Waals surface area contributed by atoms with Crippen LogP contribution < -0.4 is 15.5 Å². The van der Waals surface area contributed by atoms with Crippen LogP contribution in [0.1, 0.15) is 59.9 Å². The third-order valence-corrected chi connectivity index (χ3v) is 10.6. The van der Waals surface area contributed by atoms with Crippen LogP contribution in [0.15, 0.2) is 85.3 Å². The van der Waals surface area contributed by atoms with Gasteiger partial charge in [-0.2, -0.15) is 5.26 Å². The van der Waals surface area contributed by atoms with E-state index in [1.54, 1.807) is 43.6 Å². The molecule has 14 heteroatoms. The van der Waals surface area contributed by atoms with Gasteiger partial charge in [-0.05, 0) is 86.7 Å². The van der Waals surface area contributed by atoms with Crippen LogP contribution in [0.2, 0.25) is 10.0 Å². The predicted molar refractivity (Wildman–Crippen MR) is 190 cm³/mol. The molecule has 0 spiro atoms. The Morgan fingerprint density at radius 2 is 1.67 bits per heavy atom. The molecule has 3 aliphatic rings. The molecule has 1 aliphatic heterocycles. The summed E-state index contributed by atoms with van der Waals surface area (Å²) in [6.07, 6.45) is 7.18. The molecule has 0 bridgehead atoms. The zero-order valence-corrected chi connectivity index (χ0v) is 29.2. The average molecular weight is 736 g/mol. The van der Waals surface area contributed by atoms with Crippen molar-refractivity contribution in [1.29, 1.82) is 5.26 Å². The quantitative estimate of drug-likeness (QED) is 0.168. The molecule has 52 heavy (non-hydrogen) atoms. The maximum Gasteiger partial charge on any atom is 0.270 e. The van der Waals surface area contributed by atoms with E-state index in [1.807, 2.05) is 30.3 Å². The molecule has 0 saturated heterocycles. The maximum absolute atomic E-state index is 14.4. The van der Waals surface area contributed by atoms with Crippen LogP contribution in [-0.2, 0) is 27.1 Å². The lowest BCUT2D eigenvalue weighted by atomic mass is 9.91. The number of amides is 3. The minimum absolute atomic E-state index is 0.0493. The van der Waals surface area contributed by atoms with Gasteiger partial charge in [0.15, 0.2) is 5.82 Å². The second kappa shape index (κ2) is 12.3. The number of nitriles is 1. The second-order valence-electron chi connectivity index (χ2n) is 13.6. The number of fused-ring (bicyclic) bond motifs is 1. The fourth-order valence-corrected chi connectivity index (χ4v) is 7.29. The molecule has 4 heterocycles. The Morgan fingerprint density at radius 3 is 2.27 bits per heavy atom. The van der Waals surface area contributed by atoms with Crippen LogP contribution in [0, 0.1) is 17.1 Å². The lowest BCUT2D eigenvalue weighted by Gasteiger charge is -2.27. The molecule has 8 rings (SSSR count). The summed E-state index contributed by atoms with van der Waals surface area (Å²) in [5, 5.41) is 14.8. The molecule has 5 aromatic rings. The van der Waals surface area contributed by atoms with E-state index in [0.29, 0.717) is 36.8 Å². The second-order valence-corrected chi connectivity index (χ2v) is 14.4. The number of hydrogen-bond donors (Lipinski definition) is 2. The van der Waals surface area contributed by atoms with Gasteiger partial charge in [0.2, 0.25) is 11.9 Å². The Kier molecular flexibility index (Phi) is 7.89. The predicted octanol–water partition coefficient (Wildman–Crippen LogP) is 6.36. The highest BCUT2D eigenvalue weighted by molar-refractivity contribution is 6.35. The van der Waals surface area contributed by atoms with E-state index in [4.69, 9.17) is 23.2 Å². The van der Waals surface area contributed by atoms with Crippen LogP contribution in [0.3, 0.4) is 0 Å². The van der Waals surface area contributed by atoms with Crippen molar-refractivity contribution in [2.24, 2.45) is 0 Å². The zero-order valence-electron chi connectivity index (χ0n) is 27.7.